The normalized spacial score (nSPS) is 16.1. The van der Waals surface area contributed by atoms with Crippen molar-refractivity contribution in [3.63, 3.8) is 0 Å². The SMILES string of the molecule is CS(=O)c1cc(OCC(O)CNC2CCN(Cc3ccc(C(=O)Nc4ccccc4)cn3)CC2)ccc1O. The zero-order valence-corrected chi connectivity index (χ0v) is 22.2. The summed E-state index contributed by atoms with van der Waals surface area (Å²) in [5.41, 5.74) is 2.19. The van der Waals surface area contributed by atoms with Gasteiger partial charge in [-0.3, -0.25) is 18.9 Å². The molecule has 4 N–H and O–H groups in total. The molecule has 2 aromatic carbocycles. The highest BCUT2D eigenvalue weighted by Gasteiger charge is 2.20. The number of carbonyl (C=O) groups excluding carboxylic acids is 1. The van der Waals surface area contributed by atoms with Crippen LogP contribution in [0.2, 0.25) is 0 Å². The minimum Gasteiger partial charge on any atom is -0.507 e. The summed E-state index contributed by atoms with van der Waals surface area (Å²) in [5.74, 6) is 0.240. The summed E-state index contributed by atoms with van der Waals surface area (Å²) < 4.78 is 17.3. The van der Waals surface area contributed by atoms with Crippen molar-refractivity contribution in [1.82, 2.24) is 15.2 Å². The number of carbonyl (C=O) groups is 1. The number of piperidine rings is 1. The molecular formula is C28H34N4O5S. The first-order valence-electron chi connectivity index (χ1n) is 12.6. The van der Waals surface area contributed by atoms with Gasteiger partial charge in [-0.25, -0.2) is 0 Å². The molecule has 1 aromatic heterocycles. The number of aliphatic hydroxyl groups is 1. The number of nitrogens with one attached hydrogen (secondary N) is 2. The summed E-state index contributed by atoms with van der Waals surface area (Å²) in [6.45, 7) is 3.04. The molecule has 38 heavy (non-hydrogen) atoms. The van der Waals surface area contributed by atoms with Crippen LogP contribution in [-0.2, 0) is 17.3 Å². The summed E-state index contributed by atoms with van der Waals surface area (Å²) in [6.07, 6.45) is 4.32. The average molecular weight is 539 g/mol. The molecule has 2 unspecified atom stereocenters. The van der Waals surface area contributed by atoms with Gasteiger partial charge >= 0.3 is 0 Å². The molecule has 10 heteroatoms. The maximum atomic E-state index is 12.4. The molecule has 9 nitrogen and oxygen atoms in total. The lowest BCUT2D eigenvalue weighted by atomic mass is 10.0. The third kappa shape index (κ3) is 8.09. The predicted molar refractivity (Wildman–Crippen MR) is 147 cm³/mol. The van der Waals surface area contributed by atoms with Crippen molar-refractivity contribution in [3.05, 3.63) is 78.1 Å². The molecule has 0 radical (unpaired) electrons. The van der Waals surface area contributed by atoms with Crippen LogP contribution in [0.25, 0.3) is 0 Å². The van der Waals surface area contributed by atoms with E-state index in [9.17, 15) is 19.2 Å². The molecule has 1 aliphatic heterocycles. The van der Waals surface area contributed by atoms with Crippen molar-refractivity contribution in [3.8, 4) is 11.5 Å². The Morgan fingerprint density at radius 2 is 1.92 bits per heavy atom. The number of benzene rings is 2. The number of aromatic hydroxyl groups is 1. The number of phenols is 1. The van der Waals surface area contributed by atoms with Gasteiger partial charge in [0.25, 0.3) is 5.91 Å². The first-order chi connectivity index (χ1) is 18.4. The van der Waals surface area contributed by atoms with E-state index in [0.717, 1.165) is 43.9 Å². The van der Waals surface area contributed by atoms with Crippen molar-refractivity contribution in [2.75, 3.05) is 37.8 Å². The van der Waals surface area contributed by atoms with E-state index in [1.54, 1.807) is 18.3 Å². The lowest BCUT2D eigenvalue weighted by molar-refractivity contribution is 0.0977. The molecule has 1 fully saturated rings. The number of para-hydroxylation sites is 1. The third-order valence-electron chi connectivity index (χ3n) is 6.42. The standard InChI is InChI=1S/C28H34N4O5S/c1-38(36)27-15-25(9-10-26(27)34)37-19-24(33)17-30-21-11-13-32(14-12-21)18-23-8-7-20(16-29-23)28(35)31-22-5-3-2-4-6-22/h2-10,15-16,21,24,30,33-34H,11-14,17-19H2,1H3,(H,31,35). The fourth-order valence-electron chi connectivity index (χ4n) is 4.27. The predicted octanol–water partition coefficient (Wildman–Crippen LogP) is 2.77. The molecule has 1 amide bonds. The minimum absolute atomic E-state index is 0.0363. The molecule has 1 saturated heterocycles. The van der Waals surface area contributed by atoms with E-state index in [-0.39, 0.29) is 18.3 Å². The Morgan fingerprint density at radius 1 is 1.16 bits per heavy atom. The van der Waals surface area contributed by atoms with Crippen LogP contribution in [-0.4, -0.2) is 74.9 Å². The van der Waals surface area contributed by atoms with Crippen LogP contribution in [0.15, 0.2) is 71.8 Å². The van der Waals surface area contributed by atoms with Crippen LogP contribution < -0.4 is 15.4 Å². The lowest BCUT2D eigenvalue weighted by Crippen LogP contribution is -2.45. The van der Waals surface area contributed by atoms with Crippen molar-refractivity contribution >= 4 is 22.4 Å². The number of hydrogen-bond donors (Lipinski definition) is 4. The highest BCUT2D eigenvalue weighted by atomic mass is 32.2. The topological polar surface area (TPSA) is 124 Å². The minimum atomic E-state index is -1.33. The van der Waals surface area contributed by atoms with Gasteiger partial charge in [-0.2, -0.15) is 0 Å². The van der Waals surface area contributed by atoms with E-state index in [0.29, 0.717) is 28.8 Å². The number of aromatic nitrogens is 1. The second-order valence-corrected chi connectivity index (χ2v) is 10.7. The summed E-state index contributed by atoms with van der Waals surface area (Å²) >= 11 is 0. The van der Waals surface area contributed by atoms with Crippen molar-refractivity contribution in [2.45, 2.75) is 36.4 Å². The van der Waals surface area contributed by atoms with Gasteiger partial charge in [0, 0.05) is 50.4 Å². The maximum Gasteiger partial charge on any atom is 0.257 e. The number of nitrogens with zero attached hydrogens (tertiary/aromatic N) is 2. The Kier molecular flexibility index (Phi) is 9.83. The van der Waals surface area contributed by atoms with E-state index >= 15 is 0 Å². The highest BCUT2D eigenvalue weighted by Crippen LogP contribution is 2.25. The smallest absolute Gasteiger partial charge is 0.257 e. The molecule has 0 spiro atoms. The second kappa shape index (κ2) is 13.5. The van der Waals surface area contributed by atoms with Crippen LogP contribution in [0, 0.1) is 0 Å². The zero-order chi connectivity index (χ0) is 26.9. The molecule has 0 saturated carbocycles. The van der Waals surface area contributed by atoms with E-state index in [4.69, 9.17) is 4.74 Å². The largest absolute Gasteiger partial charge is 0.507 e. The van der Waals surface area contributed by atoms with Crippen LogP contribution in [0.3, 0.4) is 0 Å². The maximum absolute atomic E-state index is 12.4. The van der Waals surface area contributed by atoms with Gasteiger partial charge in [0.15, 0.2) is 0 Å². The van der Waals surface area contributed by atoms with Crippen LogP contribution in [0.5, 0.6) is 11.5 Å². The number of phenolic OH excluding ortho intramolecular Hbond substituents is 1. The van der Waals surface area contributed by atoms with Gasteiger partial charge in [0.05, 0.1) is 27.0 Å². The quantitative estimate of drug-likeness (QED) is 0.294. The van der Waals surface area contributed by atoms with Gasteiger partial charge < -0.3 is 25.6 Å². The molecule has 1 aliphatic rings. The number of aliphatic hydroxyl groups excluding tert-OH is 1. The number of pyridine rings is 1. The average Bonchev–Trinajstić information content (AvgIpc) is 2.93. The molecule has 0 aliphatic carbocycles. The fourth-order valence-corrected chi connectivity index (χ4v) is 4.91. The molecule has 2 heterocycles. The molecule has 202 valence electrons. The molecule has 3 aromatic rings. The van der Waals surface area contributed by atoms with Crippen LogP contribution in [0.4, 0.5) is 5.69 Å². The number of hydrogen-bond acceptors (Lipinski definition) is 8. The first kappa shape index (κ1) is 27.7. The van der Waals surface area contributed by atoms with Crippen molar-refractivity contribution in [2.24, 2.45) is 0 Å². The van der Waals surface area contributed by atoms with Crippen molar-refractivity contribution < 1.29 is 24.0 Å². The number of rotatable bonds is 11. The number of ether oxygens (including phenoxy) is 1. The summed E-state index contributed by atoms with van der Waals surface area (Å²) in [7, 11) is -1.33. The van der Waals surface area contributed by atoms with Crippen molar-refractivity contribution in [1.29, 1.82) is 0 Å². The molecule has 4 rings (SSSR count). The van der Waals surface area contributed by atoms with Gasteiger partial charge in [-0.05, 0) is 55.3 Å². The molecule has 2 atom stereocenters. The Hall–Kier alpha value is -3.31. The van der Waals surface area contributed by atoms with E-state index in [1.165, 1.54) is 18.4 Å². The summed E-state index contributed by atoms with van der Waals surface area (Å²) in [6, 6.07) is 17.9. The Balaban J connectivity index is 1.15. The number of anilines is 1. The Morgan fingerprint density at radius 3 is 2.61 bits per heavy atom. The van der Waals surface area contributed by atoms with Gasteiger partial charge in [-0.15, -0.1) is 0 Å². The highest BCUT2D eigenvalue weighted by molar-refractivity contribution is 7.84. The van der Waals surface area contributed by atoms with Crippen LogP contribution >= 0.6 is 0 Å². The van der Waals surface area contributed by atoms with Gasteiger partial charge in [-0.1, -0.05) is 18.2 Å². The summed E-state index contributed by atoms with van der Waals surface area (Å²) in [5, 5.41) is 26.4. The number of likely N-dealkylation sites (tertiary alicyclic amines) is 1. The van der Waals surface area contributed by atoms with E-state index in [2.05, 4.69) is 20.5 Å². The third-order valence-corrected chi connectivity index (χ3v) is 7.36. The summed E-state index contributed by atoms with van der Waals surface area (Å²) in [4.78, 5) is 19.5. The Labute approximate surface area is 225 Å². The molecular weight excluding hydrogens is 504 g/mol. The molecule has 0 bridgehead atoms. The van der Waals surface area contributed by atoms with Crippen LogP contribution in [0.1, 0.15) is 28.9 Å². The second-order valence-electron chi connectivity index (χ2n) is 9.37. The lowest BCUT2D eigenvalue weighted by Gasteiger charge is -2.32. The van der Waals surface area contributed by atoms with Gasteiger partial charge in [0.2, 0.25) is 0 Å². The van der Waals surface area contributed by atoms with Gasteiger partial charge in [0.1, 0.15) is 24.2 Å². The Bertz CT molecular complexity index is 1220. The first-order valence-corrected chi connectivity index (χ1v) is 14.2. The zero-order valence-electron chi connectivity index (χ0n) is 21.4. The monoisotopic (exact) mass is 538 g/mol. The fraction of sp³-hybridized carbons (Fsp3) is 0.357. The van der Waals surface area contributed by atoms with E-state index < -0.39 is 16.9 Å². The van der Waals surface area contributed by atoms with E-state index in [1.807, 2.05) is 36.4 Å². The number of amides is 1.